The van der Waals surface area contributed by atoms with Gasteiger partial charge in [-0.15, -0.1) is 0 Å². The van der Waals surface area contributed by atoms with Crippen LogP contribution in [0.2, 0.25) is 0 Å². The SMILES string of the molecule is CCOC(=O)C#Cc1cn(C2O[C@H](CO)[C@@H](O)[C@]2(C)O)c2nc(SC)nc(N)c12. The first-order chi connectivity index (χ1) is 13.7. The molecule has 1 fully saturated rings. The molecule has 4 atom stereocenters. The zero-order chi connectivity index (χ0) is 21.3. The maximum atomic E-state index is 11.6. The molecule has 1 aliphatic heterocycles. The molecule has 156 valence electrons. The van der Waals surface area contributed by atoms with Crippen LogP contribution in [0.5, 0.6) is 0 Å². The minimum absolute atomic E-state index is 0.142. The molecule has 2 aromatic heterocycles. The van der Waals surface area contributed by atoms with Crippen LogP contribution in [0.25, 0.3) is 11.0 Å². The van der Waals surface area contributed by atoms with Gasteiger partial charge in [0.25, 0.3) is 0 Å². The molecule has 0 spiro atoms. The highest BCUT2D eigenvalue weighted by Gasteiger charge is 2.53. The van der Waals surface area contributed by atoms with Crippen molar-refractivity contribution in [2.75, 3.05) is 25.2 Å². The third-order valence-corrected chi connectivity index (χ3v) is 5.17. The van der Waals surface area contributed by atoms with Gasteiger partial charge in [-0.25, -0.2) is 14.8 Å². The summed E-state index contributed by atoms with van der Waals surface area (Å²) >= 11 is 1.27. The summed E-state index contributed by atoms with van der Waals surface area (Å²) in [5.41, 5.74) is 5.02. The van der Waals surface area contributed by atoms with Crippen LogP contribution in [0.3, 0.4) is 0 Å². The molecule has 0 aromatic carbocycles. The quantitative estimate of drug-likeness (QED) is 0.223. The monoisotopic (exact) mass is 422 g/mol. The lowest BCUT2D eigenvalue weighted by Crippen LogP contribution is -2.44. The van der Waals surface area contributed by atoms with Gasteiger partial charge in [-0.1, -0.05) is 17.7 Å². The number of rotatable bonds is 4. The molecular formula is C18H22N4O6S. The lowest BCUT2D eigenvalue weighted by Gasteiger charge is -2.27. The van der Waals surface area contributed by atoms with Crippen LogP contribution in [-0.2, 0) is 14.3 Å². The van der Waals surface area contributed by atoms with Crippen molar-refractivity contribution in [3.05, 3.63) is 11.8 Å². The Morgan fingerprint density at radius 2 is 2.24 bits per heavy atom. The van der Waals surface area contributed by atoms with Crippen molar-refractivity contribution in [2.24, 2.45) is 0 Å². The second-order valence-electron chi connectivity index (χ2n) is 6.59. The van der Waals surface area contributed by atoms with Gasteiger partial charge < -0.3 is 35.1 Å². The fourth-order valence-electron chi connectivity index (χ4n) is 3.20. The van der Waals surface area contributed by atoms with Crippen LogP contribution in [0.4, 0.5) is 5.82 Å². The predicted octanol–water partition coefficient (Wildman–Crippen LogP) is -0.348. The number of aromatic nitrogens is 3. The molecule has 1 unspecified atom stereocenters. The van der Waals surface area contributed by atoms with Crippen molar-refractivity contribution in [3.8, 4) is 11.8 Å². The number of fused-ring (bicyclic) bond motifs is 1. The molecule has 11 heteroatoms. The summed E-state index contributed by atoms with van der Waals surface area (Å²) in [6.45, 7) is 2.78. The van der Waals surface area contributed by atoms with E-state index in [1.54, 1.807) is 13.2 Å². The minimum Gasteiger partial charge on any atom is -0.456 e. The summed E-state index contributed by atoms with van der Waals surface area (Å²) < 4.78 is 12.0. The maximum Gasteiger partial charge on any atom is 0.384 e. The number of ether oxygens (including phenoxy) is 2. The average Bonchev–Trinajstić information content (AvgIpc) is 3.15. The van der Waals surface area contributed by atoms with Crippen molar-refractivity contribution >= 4 is 34.6 Å². The molecule has 3 heterocycles. The molecule has 29 heavy (non-hydrogen) atoms. The van der Waals surface area contributed by atoms with E-state index >= 15 is 0 Å². The molecule has 0 aliphatic carbocycles. The summed E-state index contributed by atoms with van der Waals surface area (Å²) in [6, 6.07) is 0. The Labute approximate surface area is 171 Å². The molecule has 0 saturated carbocycles. The molecule has 3 rings (SSSR count). The number of carbonyl (C=O) groups excluding carboxylic acids is 1. The van der Waals surface area contributed by atoms with Crippen molar-refractivity contribution in [3.63, 3.8) is 0 Å². The first-order valence-electron chi connectivity index (χ1n) is 8.82. The number of carbonyl (C=O) groups is 1. The number of anilines is 1. The first-order valence-corrected chi connectivity index (χ1v) is 10.0. The van der Waals surface area contributed by atoms with Crippen LogP contribution in [0.1, 0.15) is 25.6 Å². The number of nitrogens with two attached hydrogens (primary N) is 1. The summed E-state index contributed by atoms with van der Waals surface area (Å²) in [4.78, 5) is 20.3. The number of hydrogen-bond donors (Lipinski definition) is 4. The number of nitrogens with zero attached hydrogens (tertiary/aromatic N) is 3. The van der Waals surface area contributed by atoms with E-state index in [2.05, 4.69) is 21.8 Å². The molecular weight excluding hydrogens is 400 g/mol. The third kappa shape index (κ3) is 3.77. The first kappa shape index (κ1) is 21.4. The van der Waals surface area contributed by atoms with Gasteiger partial charge in [0.05, 0.1) is 24.2 Å². The smallest absolute Gasteiger partial charge is 0.384 e. The summed E-state index contributed by atoms with van der Waals surface area (Å²) in [5, 5.41) is 31.4. The van der Waals surface area contributed by atoms with Crippen molar-refractivity contribution in [1.82, 2.24) is 14.5 Å². The fraction of sp³-hybridized carbons (Fsp3) is 0.500. The van der Waals surface area contributed by atoms with Gasteiger partial charge in [-0.3, -0.25) is 0 Å². The molecule has 0 amide bonds. The van der Waals surface area contributed by atoms with Gasteiger partial charge in [-0.2, -0.15) is 0 Å². The van der Waals surface area contributed by atoms with Crippen LogP contribution in [0, 0.1) is 11.8 Å². The van der Waals surface area contributed by atoms with Crippen LogP contribution in [-0.4, -0.2) is 73.1 Å². The second kappa shape index (κ2) is 8.17. The van der Waals surface area contributed by atoms with E-state index in [0.29, 0.717) is 21.8 Å². The van der Waals surface area contributed by atoms with Crippen LogP contribution in [0.15, 0.2) is 11.4 Å². The Morgan fingerprint density at radius 3 is 2.83 bits per heavy atom. The molecule has 0 radical (unpaired) electrons. The predicted molar refractivity (Wildman–Crippen MR) is 105 cm³/mol. The highest BCUT2D eigenvalue weighted by Crippen LogP contribution is 2.41. The summed E-state index contributed by atoms with van der Waals surface area (Å²) in [5.74, 6) is 4.51. The molecule has 1 aliphatic rings. The average molecular weight is 422 g/mol. The van der Waals surface area contributed by atoms with Gasteiger partial charge in [0.2, 0.25) is 0 Å². The Hall–Kier alpha value is -2.36. The molecule has 1 saturated heterocycles. The Bertz CT molecular complexity index is 996. The number of aliphatic hydroxyl groups is 3. The molecule has 2 aromatic rings. The van der Waals surface area contributed by atoms with E-state index < -0.39 is 36.6 Å². The van der Waals surface area contributed by atoms with Crippen LogP contribution < -0.4 is 5.73 Å². The fourth-order valence-corrected chi connectivity index (χ4v) is 3.56. The maximum absolute atomic E-state index is 11.6. The van der Waals surface area contributed by atoms with E-state index in [1.165, 1.54) is 29.4 Å². The Morgan fingerprint density at radius 1 is 1.52 bits per heavy atom. The normalized spacial score (nSPS) is 26.3. The number of nitrogen functional groups attached to an aromatic ring is 1. The zero-order valence-electron chi connectivity index (χ0n) is 16.1. The largest absolute Gasteiger partial charge is 0.456 e. The van der Waals surface area contributed by atoms with Gasteiger partial charge in [-0.05, 0) is 20.1 Å². The van der Waals surface area contributed by atoms with Crippen molar-refractivity contribution in [2.45, 2.75) is 43.0 Å². The van der Waals surface area contributed by atoms with Gasteiger partial charge in [0.1, 0.15) is 29.3 Å². The summed E-state index contributed by atoms with van der Waals surface area (Å²) in [7, 11) is 0. The third-order valence-electron chi connectivity index (χ3n) is 4.62. The van der Waals surface area contributed by atoms with E-state index in [9.17, 15) is 20.1 Å². The van der Waals surface area contributed by atoms with E-state index in [4.69, 9.17) is 15.2 Å². The lowest BCUT2D eigenvalue weighted by molar-refractivity contribution is -0.136. The molecule has 0 bridgehead atoms. The highest BCUT2D eigenvalue weighted by molar-refractivity contribution is 7.98. The standard InChI is InChI=1S/C18H22N4O6S/c1-4-27-11(24)6-5-9-7-22(15-12(9)14(19)20-17(21-15)29-3)16-18(2,26)13(25)10(8-23)28-16/h7,10,13,16,23,25-26H,4,8H2,1-3H3,(H2,19,20,21)/t10-,13-,16?,18+/m1/s1. The molecule has 10 nitrogen and oxygen atoms in total. The minimum atomic E-state index is -1.73. The van der Waals surface area contributed by atoms with E-state index in [0.717, 1.165) is 0 Å². The zero-order valence-corrected chi connectivity index (χ0v) is 16.9. The van der Waals surface area contributed by atoms with Crippen LogP contribution >= 0.6 is 11.8 Å². The highest BCUT2D eigenvalue weighted by atomic mass is 32.2. The number of thioether (sulfide) groups is 1. The van der Waals surface area contributed by atoms with E-state index in [1.807, 2.05) is 0 Å². The van der Waals surface area contributed by atoms with Gasteiger partial charge in [0, 0.05) is 12.1 Å². The number of hydrogen-bond acceptors (Lipinski definition) is 10. The number of esters is 1. The topological polar surface area (TPSA) is 153 Å². The van der Waals surface area contributed by atoms with Gasteiger partial charge >= 0.3 is 5.97 Å². The molecule has 5 N–H and O–H groups in total. The Balaban J connectivity index is 2.19. The van der Waals surface area contributed by atoms with Crippen molar-refractivity contribution in [1.29, 1.82) is 0 Å². The Kier molecular flexibility index (Phi) is 6.02. The van der Waals surface area contributed by atoms with Crippen molar-refractivity contribution < 1.29 is 29.6 Å². The number of aliphatic hydroxyl groups excluding tert-OH is 2. The second-order valence-corrected chi connectivity index (χ2v) is 7.37. The lowest BCUT2D eigenvalue weighted by atomic mass is 9.96. The summed E-state index contributed by atoms with van der Waals surface area (Å²) in [6.07, 6.45) is -0.107. The van der Waals surface area contributed by atoms with E-state index in [-0.39, 0.29) is 12.4 Å². The van der Waals surface area contributed by atoms with Gasteiger partial charge in [0.15, 0.2) is 11.4 Å².